The first-order valence-electron chi connectivity index (χ1n) is 6.29. The molecule has 1 aliphatic rings. The number of likely N-dealkylation sites (N-methyl/N-ethyl adjacent to an activating group) is 2. The van der Waals surface area contributed by atoms with E-state index in [1.807, 2.05) is 16.9 Å². The standard InChI is InChI=1S/C12H23N5/c1-4-17-10(5-6-14-17)12(13)11-9-15(2)7-8-16(11)3/h5-6,11-12H,4,7-9,13H2,1-3H3. The van der Waals surface area contributed by atoms with Gasteiger partial charge in [0.05, 0.1) is 11.7 Å². The molecule has 0 aliphatic carbocycles. The molecule has 0 radical (unpaired) electrons. The van der Waals surface area contributed by atoms with Gasteiger partial charge in [0.15, 0.2) is 0 Å². The van der Waals surface area contributed by atoms with E-state index in [0.717, 1.165) is 31.9 Å². The Labute approximate surface area is 103 Å². The molecule has 1 fully saturated rings. The minimum Gasteiger partial charge on any atom is -0.321 e. The Hall–Kier alpha value is -0.910. The van der Waals surface area contributed by atoms with E-state index < -0.39 is 0 Å². The maximum absolute atomic E-state index is 6.41. The van der Waals surface area contributed by atoms with Gasteiger partial charge in [0, 0.05) is 38.4 Å². The molecule has 0 amide bonds. The largest absolute Gasteiger partial charge is 0.321 e. The Balaban J connectivity index is 2.15. The summed E-state index contributed by atoms with van der Waals surface area (Å²) in [4.78, 5) is 4.70. The molecule has 1 saturated heterocycles. The Kier molecular flexibility index (Phi) is 3.81. The highest BCUT2D eigenvalue weighted by atomic mass is 15.3. The molecule has 1 aromatic rings. The summed E-state index contributed by atoms with van der Waals surface area (Å²) in [5.74, 6) is 0. The number of hydrogen-bond acceptors (Lipinski definition) is 4. The lowest BCUT2D eigenvalue weighted by molar-refractivity contribution is 0.0954. The molecule has 0 spiro atoms. The highest BCUT2D eigenvalue weighted by molar-refractivity contribution is 5.10. The second-order valence-corrected chi connectivity index (χ2v) is 4.91. The van der Waals surface area contributed by atoms with Crippen molar-refractivity contribution in [3.8, 4) is 0 Å². The monoisotopic (exact) mass is 237 g/mol. The molecule has 5 heteroatoms. The maximum atomic E-state index is 6.41. The zero-order valence-electron chi connectivity index (χ0n) is 11.0. The van der Waals surface area contributed by atoms with Crippen molar-refractivity contribution in [2.75, 3.05) is 33.7 Å². The summed E-state index contributed by atoms with van der Waals surface area (Å²) < 4.78 is 1.99. The number of nitrogens with zero attached hydrogens (tertiary/aromatic N) is 4. The van der Waals surface area contributed by atoms with Gasteiger partial charge in [0.25, 0.3) is 0 Å². The van der Waals surface area contributed by atoms with E-state index in [-0.39, 0.29) is 6.04 Å². The molecule has 2 atom stereocenters. The minimum atomic E-state index is 0.0326. The first-order valence-corrected chi connectivity index (χ1v) is 6.29. The van der Waals surface area contributed by atoms with Crippen molar-refractivity contribution in [1.82, 2.24) is 19.6 Å². The molecule has 5 nitrogen and oxygen atoms in total. The lowest BCUT2D eigenvalue weighted by Crippen LogP contribution is -2.54. The number of aryl methyl sites for hydroxylation is 1. The average Bonchev–Trinajstić information content (AvgIpc) is 2.79. The van der Waals surface area contributed by atoms with Gasteiger partial charge < -0.3 is 10.6 Å². The van der Waals surface area contributed by atoms with Gasteiger partial charge in [-0.25, -0.2) is 0 Å². The summed E-state index contributed by atoms with van der Waals surface area (Å²) in [6.45, 7) is 6.19. The highest BCUT2D eigenvalue weighted by Crippen LogP contribution is 2.20. The molecule has 0 aromatic carbocycles. The maximum Gasteiger partial charge on any atom is 0.0637 e. The van der Waals surface area contributed by atoms with Gasteiger partial charge >= 0.3 is 0 Å². The zero-order valence-corrected chi connectivity index (χ0v) is 11.0. The van der Waals surface area contributed by atoms with Crippen molar-refractivity contribution < 1.29 is 0 Å². The number of rotatable bonds is 3. The number of aromatic nitrogens is 2. The van der Waals surface area contributed by atoms with Crippen LogP contribution in [-0.4, -0.2) is 59.4 Å². The van der Waals surface area contributed by atoms with Crippen LogP contribution in [0.2, 0.25) is 0 Å². The van der Waals surface area contributed by atoms with E-state index in [4.69, 9.17) is 5.73 Å². The lowest BCUT2D eigenvalue weighted by Gasteiger charge is -2.40. The third-order valence-electron chi connectivity index (χ3n) is 3.70. The summed E-state index contributed by atoms with van der Waals surface area (Å²) in [6.07, 6.45) is 1.84. The fourth-order valence-corrected chi connectivity index (χ4v) is 2.52. The SMILES string of the molecule is CCn1nccc1C(N)C1CN(C)CCN1C. The van der Waals surface area contributed by atoms with Crippen molar-refractivity contribution >= 4 is 0 Å². The van der Waals surface area contributed by atoms with Crippen molar-refractivity contribution in [3.63, 3.8) is 0 Å². The summed E-state index contributed by atoms with van der Waals surface area (Å²) in [7, 11) is 4.31. The zero-order chi connectivity index (χ0) is 12.4. The van der Waals surface area contributed by atoms with Crippen LogP contribution < -0.4 is 5.73 Å². The first kappa shape index (κ1) is 12.5. The van der Waals surface area contributed by atoms with Crippen molar-refractivity contribution in [1.29, 1.82) is 0 Å². The molecule has 2 rings (SSSR count). The fourth-order valence-electron chi connectivity index (χ4n) is 2.52. The van der Waals surface area contributed by atoms with Gasteiger partial charge in [-0.15, -0.1) is 0 Å². The van der Waals surface area contributed by atoms with E-state index in [2.05, 4.69) is 35.9 Å². The van der Waals surface area contributed by atoms with Crippen molar-refractivity contribution in [2.45, 2.75) is 25.6 Å². The van der Waals surface area contributed by atoms with Crippen LogP contribution >= 0.6 is 0 Å². The van der Waals surface area contributed by atoms with Gasteiger partial charge in [0.2, 0.25) is 0 Å². The molecular formula is C12H23N5. The third-order valence-corrected chi connectivity index (χ3v) is 3.70. The van der Waals surface area contributed by atoms with Crippen LogP contribution in [0.15, 0.2) is 12.3 Å². The van der Waals surface area contributed by atoms with Crippen LogP contribution in [0.4, 0.5) is 0 Å². The summed E-state index contributed by atoms with van der Waals surface area (Å²) in [5.41, 5.74) is 7.55. The van der Waals surface area contributed by atoms with Crippen LogP contribution in [0.25, 0.3) is 0 Å². The minimum absolute atomic E-state index is 0.0326. The molecule has 1 aromatic heterocycles. The number of hydrogen-bond donors (Lipinski definition) is 1. The third kappa shape index (κ3) is 2.51. The van der Waals surface area contributed by atoms with Crippen LogP contribution in [0.3, 0.4) is 0 Å². The molecule has 2 heterocycles. The molecule has 96 valence electrons. The summed E-state index contributed by atoms with van der Waals surface area (Å²) >= 11 is 0. The van der Waals surface area contributed by atoms with Gasteiger partial charge in [0.1, 0.15) is 0 Å². The Morgan fingerprint density at radius 2 is 2.24 bits per heavy atom. The lowest BCUT2D eigenvalue weighted by atomic mass is 10.0. The second kappa shape index (κ2) is 5.16. The number of piperazine rings is 1. The van der Waals surface area contributed by atoms with Crippen LogP contribution in [0.5, 0.6) is 0 Å². The molecule has 0 saturated carbocycles. The molecule has 1 aliphatic heterocycles. The Morgan fingerprint density at radius 1 is 1.47 bits per heavy atom. The van der Waals surface area contributed by atoms with E-state index in [9.17, 15) is 0 Å². The predicted octanol–water partition coefficient (Wildman–Crippen LogP) is 0.149. The highest BCUT2D eigenvalue weighted by Gasteiger charge is 2.29. The van der Waals surface area contributed by atoms with E-state index in [1.165, 1.54) is 0 Å². The van der Waals surface area contributed by atoms with Gasteiger partial charge in [-0.05, 0) is 27.1 Å². The topological polar surface area (TPSA) is 50.3 Å². The summed E-state index contributed by atoms with van der Waals surface area (Å²) in [5, 5.41) is 4.30. The van der Waals surface area contributed by atoms with Crippen LogP contribution in [-0.2, 0) is 6.54 Å². The van der Waals surface area contributed by atoms with Gasteiger partial charge in [-0.2, -0.15) is 5.10 Å². The summed E-state index contributed by atoms with van der Waals surface area (Å²) in [6, 6.07) is 2.44. The second-order valence-electron chi connectivity index (χ2n) is 4.91. The fraction of sp³-hybridized carbons (Fsp3) is 0.750. The van der Waals surface area contributed by atoms with E-state index >= 15 is 0 Å². The normalized spacial score (nSPS) is 25.1. The smallest absolute Gasteiger partial charge is 0.0637 e. The van der Waals surface area contributed by atoms with E-state index in [0.29, 0.717) is 6.04 Å². The van der Waals surface area contributed by atoms with Gasteiger partial charge in [-0.3, -0.25) is 9.58 Å². The number of nitrogens with two attached hydrogens (primary N) is 1. The molecular weight excluding hydrogens is 214 g/mol. The first-order chi connectivity index (χ1) is 8.13. The molecule has 2 unspecified atom stereocenters. The average molecular weight is 237 g/mol. The van der Waals surface area contributed by atoms with Crippen molar-refractivity contribution in [3.05, 3.63) is 18.0 Å². The van der Waals surface area contributed by atoms with Gasteiger partial charge in [-0.1, -0.05) is 0 Å². The Morgan fingerprint density at radius 3 is 2.94 bits per heavy atom. The molecule has 0 bridgehead atoms. The van der Waals surface area contributed by atoms with E-state index in [1.54, 1.807) is 0 Å². The predicted molar refractivity (Wildman–Crippen MR) is 68.7 cm³/mol. The molecule has 2 N–H and O–H groups in total. The Bertz CT molecular complexity index is 362. The van der Waals surface area contributed by atoms with Crippen LogP contribution in [0, 0.1) is 0 Å². The molecule has 17 heavy (non-hydrogen) atoms. The van der Waals surface area contributed by atoms with Crippen LogP contribution in [0.1, 0.15) is 18.7 Å². The quantitative estimate of drug-likeness (QED) is 0.813. The van der Waals surface area contributed by atoms with Crippen molar-refractivity contribution in [2.24, 2.45) is 5.73 Å².